The van der Waals surface area contributed by atoms with Crippen molar-refractivity contribution < 1.29 is 4.74 Å². The number of hydrogen-bond donors (Lipinski definition) is 0. The summed E-state index contributed by atoms with van der Waals surface area (Å²) in [5.41, 5.74) is 0. The molecule has 0 saturated heterocycles. The summed E-state index contributed by atoms with van der Waals surface area (Å²) in [4.78, 5) is 1.26. The van der Waals surface area contributed by atoms with Crippen molar-refractivity contribution in [1.82, 2.24) is 0 Å². The molecule has 0 amide bonds. The Hall–Kier alpha value is 0.140. The summed E-state index contributed by atoms with van der Waals surface area (Å²) in [6.07, 6.45) is 0.309. The van der Waals surface area contributed by atoms with Gasteiger partial charge in [-0.2, -0.15) is 0 Å². The molecule has 62 valence electrons. The Bertz CT molecular complexity index is 220. The lowest BCUT2D eigenvalue weighted by Crippen LogP contribution is -2.01. The largest absolute Gasteiger partial charge is 0.373 e. The van der Waals surface area contributed by atoms with Gasteiger partial charge < -0.3 is 4.74 Å². The predicted molar refractivity (Wildman–Crippen MR) is 51.9 cm³/mol. The summed E-state index contributed by atoms with van der Waals surface area (Å²) < 4.78 is 6.60. The first kappa shape index (κ1) is 9.23. The quantitative estimate of drug-likeness (QED) is 0.779. The van der Waals surface area contributed by atoms with E-state index in [4.69, 9.17) is 4.74 Å². The molecular weight excluding hydrogens is 224 g/mol. The molecule has 1 heterocycles. The van der Waals surface area contributed by atoms with Crippen LogP contribution in [-0.4, -0.2) is 6.10 Å². The number of rotatable bonds is 3. The van der Waals surface area contributed by atoms with E-state index in [9.17, 15) is 0 Å². The monoisotopic (exact) mass is 234 g/mol. The van der Waals surface area contributed by atoms with E-state index in [1.807, 2.05) is 19.9 Å². The van der Waals surface area contributed by atoms with Crippen molar-refractivity contribution in [3.05, 3.63) is 20.8 Å². The fraction of sp³-hybridized carbons (Fsp3) is 0.500. The minimum atomic E-state index is 0.309. The Morgan fingerprint density at radius 2 is 2.36 bits per heavy atom. The van der Waals surface area contributed by atoms with Crippen LogP contribution in [0.5, 0.6) is 0 Å². The normalized spacial score (nSPS) is 10.9. The van der Waals surface area contributed by atoms with Gasteiger partial charge in [0.15, 0.2) is 0 Å². The van der Waals surface area contributed by atoms with E-state index in [1.165, 1.54) is 4.88 Å². The number of hydrogen-bond acceptors (Lipinski definition) is 2. The van der Waals surface area contributed by atoms with Crippen molar-refractivity contribution in [1.29, 1.82) is 0 Å². The molecule has 11 heavy (non-hydrogen) atoms. The molecular formula is C8H11BrOS. The summed E-state index contributed by atoms with van der Waals surface area (Å²) >= 11 is 5.17. The van der Waals surface area contributed by atoms with Gasteiger partial charge >= 0.3 is 0 Å². The molecule has 0 unspecified atom stereocenters. The smallest absolute Gasteiger partial charge is 0.0824 e. The summed E-state index contributed by atoms with van der Waals surface area (Å²) in [7, 11) is 0. The molecule has 1 nitrogen and oxygen atoms in total. The second-order valence-corrected chi connectivity index (χ2v) is 4.41. The molecule has 0 fully saturated rings. The minimum Gasteiger partial charge on any atom is -0.373 e. The van der Waals surface area contributed by atoms with Gasteiger partial charge in [0.25, 0.3) is 0 Å². The summed E-state index contributed by atoms with van der Waals surface area (Å²) in [6, 6.07) is 2.05. The lowest BCUT2D eigenvalue weighted by Gasteiger charge is -2.05. The molecule has 1 rings (SSSR count). The van der Waals surface area contributed by atoms with Crippen molar-refractivity contribution >= 4 is 27.3 Å². The number of ether oxygens (including phenoxy) is 1. The van der Waals surface area contributed by atoms with Crippen molar-refractivity contribution in [2.45, 2.75) is 26.6 Å². The molecule has 3 heteroatoms. The third-order valence-corrected chi connectivity index (χ3v) is 3.14. The second kappa shape index (κ2) is 4.24. The fourth-order valence-electron chi connectivity index (χ4n) is 0.670. The topological polar surface area (TPSA) is 9.23 Å². The van der Waals surface area contributed by atoms with Crippen LogP contribution < -0.4 is 0 Å². The average molecular weight is 235 g/mol. The van der Waals surface area contributed by atoms with Gasteiger partial charge in [0.05, 0.1) is 12.7 Å². The van der Waals surface area contributed by atoms with Crippen LogP contribution in [0.25, 0.3) is 0 Å². The first-order valence-electron chi connectivity index (χ1n) is 3.53. The lowest BCUT2D eigenvalue weighted by atomic mass is 10.4. The van der Waals surface area contributed by atoms with Gasteiger partial charge in [-0.25, -0.2) is 0 Å². The first-order valence-corrected chi connectivity index (χ1v) is 5.21. The number of halogens is 1. The zero-order valence-electron chi connectivity index (χ0n) is 6.63. The van der Waals surface area contributed by atoms with Gasteiger partial charge in [0, 0.05) is 9.35 Å². The van der Waals surface area contributed by atoms with E-state index in [0.717, 1.165) is 11.1 Å². The molecule has 0 bridgehead atoms. The summed E-state index contributed by atoms with van der Waals surface area (Å²) in [5, 5.41) is 2.06. The van der Waals surface area contributed by atoms with Crippen molar-refractivity contribution in [3.8, 4) is 0 Å². The van der Waals surface area contributed by atoms with Crippen LogP contribution in [0.3, 0.4) is 0 Å². The Balaban J connectivity index is 2.44. The SMILES string of the molecule is CC(C)OCc1sccc1Br. The molecule has 1 aromatic rings. The van der Waals surface area contributed by atoms with Gasteiger partial charge in [-0.05, 0) is 41.2 Å². The van der Waals surface area contributed by atoms with Gasteiger partial charge in [0.2, 0.25) is 0 Å². The van der Waals surface area contributed by atoms with Crippen LogP contribution in [-0.2, 0) is 11.3 Å². The van der Waals surface area contributed by atoms with Gasteiger partial charge in [-0.1, -0.05) is 0 Å². The Labute approximate surface area is 79.5 Å². The zero-order chi connectivity index (χ0) is 8.27. The maximum atomic E-state index is 5.45. The third-order valence-electron chi connectivity index (χ3n) is 1.24. The number of thiophene rings is 1. The highest BCUT2D eigenvalue weighted by atomic mass is 79.9. The third kappa shape index (κ3) is 2.93. The average Bonchev–Trinajstić information content (AvgIpc) is 2.31. The molecule has 0 atom stereocenters. The van der Waals surface area contributed by atoms with Gasteiger partial charge in [0.1, 0.15) is 0 Å². The van der Waals surface area contributed by atoms with Gasteiger partial charge in [-0.3, -0.25) is 0 Å². The maximum Gasteiger partial charge on any atom is 0.0824 e. The molecule has 0 aromatic carbocycles. The van der Waals surface area contributed by atoms with E-state index in [-0.39, 0.29) is 0 Å². The van der Waals surface area contributed by atoms with E-state index in [1.54, 1.807) is 11.3 Å². The maximum absolute atomic E-state index is 5.45. The van der Waals surface area contributed by atoms with E-state index < -0.39 is 0 Å². The van der Waals surface area contributed by atoms with Crippen LogP contribution in [0.15, 0.2) is 15.9 Å². The van der Waals surface area contributed by atoms with Crippen LogP contribution in [0.4, 0.5) is 0 Å². The first-order chi connectivity index (χ1) is 5.20. The fourth-order valence-corrected chi connectivity index (χ4v) is 2.06. The second-order valence-electron chi connectivity index (χ2n) is 2.55. The summed E-state index contributed by atoms with van der Waals surface area (Å²) in [5.74, 6) is 0. The molecule has 0 N–H and O–H groups in total. The van der Waals surface area contributed by atoms with Crippen LogP contribution in [0.1, 0.15) is 18.7 Å². The van der Waals surface area contributed by atoms with E-state index in [2.05, 4.69) is 21.3 Å². The lowest BCUT2D eigenvalue weighted by molar-refractivity contribution is 0.0671. The molecule has 0 aliphatic rings. The Morgan fingerprint density at radius 3 is 2.82 bits per heavy atom. The van der Waals surface area contributed by atoms with Crippen molar-refractivity contribution in [2.24, 2.45) is 0 Å². The van der Waals surface area contributed by atoms with Crippen LogP contribution in [0, 0.1) is 0 Å². The molecule has 1 aromatic heterocycles. The van der Waals surface area contributed by atoms with Crippen molar-refractivity contribution in [2.75, 3.05) is 0 Å². The minimum absolute atomic E-state index is 0.309. The summed E-state index contributed by atoms with van der Waals surface area (Å²) in [6.45, 7) is 4.80. The van der Waals surface area contributed by atoms with E-state index >= 15 is 0 Å². The molecule has 0 saturated carbocycles. The van der Waals surface area contributed by atoms with Crippen LogP contribution in [0.2, 0.25) is 0 Å². The highest BCUT2D eigenvalue weighted by Gasteiger charge is 2.01. The van der Waals surface area contributed by atoms with E-state index in [0.29, 0.717) is 6.10 Å². The van der Waals surface area contributed by atoms with Crippen LogP contribution >= 0.6 is 27.3 Å². The molecule has 0 aliphatic carbocycles. The van der Waals surface area contributed by atoms with Gasteiger partial charge in [-0.15, -0.1) is 11.3 Å². The molecule has 0 aliphatic heterocycles. The predicted octanol–water partition coefficient (Wildman–Crippen LogP) is 3.44. The Kier molecular flexibility index (Phi) is 3.55. The molecule has 0 spiro atoms. The molecule has 0 radical (unpaired) electrons. The highest BCUT2D eigenvalue weighted by molar-refractivity contribution is 9.10. The Morgan fingerprint density at radius 1 is 1.64 bits per heavy atom. The zero-order valence-corrected chi connectivity index (χ0v) is 9.04. The standard InChI is InChI=1S/C8H11BrOS/c1-6(2)10-5-8-7(9)3-4-11-8/h3-4,6H,5H2,1-2H3. The highest BCUT2D eigenvalue weighted by Crippen LogP contribution is 2.23. The van der Waals surface area contributed by atoms with Crippen molar-refractivity contribution in [3.63, 3.8) is 0 Å².